The number of hydrogen-bond acceptors (Lipinski definition) is 6. The highest BCUT2D eigenvalue weighted by Gasteiger charge is 2.49. The zero-order valence-corrected chi connectivity index (χ0v) is 21.2. The number of aliphatic imine (C=N–C) groups is 1. The lowest BCUT2D eigenvalue weighted by molar-refractivity contribution is -0.132. The van der Waals surface area contributed by atoms with E-state index in [-0.39, 0.29) is 23.5 Å². The van der Waals surface area contributed by atoms with Gasteiger partial charge in [-0.3, -0.25) is 15.0 Å². The second-order valence-electron chi connectivity index (χ2n) is 10.9. The molecule has 0 spiro atoms. The predicted molar refractivity (Wildman–Crippen MR) is 139 cm³/mol. The molecule has 7 heteroatoms. The SMILES string of the molecule is CCC1(CC)CC(=O)N([C@@H]2CCOc3ccc(C4(N[C@@H]5c6ccccc6C[C@H]5O)CC4)cc32)C(N)=N1. The molecule has 3 atom stereocenters. The number of nitrogens with two attached hydrogens (primary N) is 1. The van der Waals surface area contributed by atoms with Crippen molar-refractivity contribution in [2.24, 2.45) is 10.7 Å². The van der Waals surface area contributed by atoms with E-state index in [1.807, 2.05) is 18.2 Å². The molecule has 0 aromatic heterocycles. The summed E-state index contributed by atoms with van der Waals surface area (Å²) in [5, 5.41) is 14.7. The Bertz CT molecular complexity index is 1220. The Balaban J connectivity index is 1.32. The molecule has 4 N–H and O–H groups in total. The van der Waals surface area contributed by atoms with Gasteiger partial charge in [0, 0.05) is 23.9 Å². The number of aliphatic hydroxyl groups excluding tert-OH is 1. The van der Waals surface area contributed by atoms with Gasteiger partial charge in [-0.05, 0) is 54.5 Å². The number of hydrogen-bond donors (Lipinski definition) is 3. The van der Waals surface area contributed by atoms with Crippen molar-refractivity contribution in [3.8, 4) is 5.75 Å². The number of rotatable bonds is 6. The number of carbonyl (C=O) groups excluding carboxylic acids is 1. The van der Waals surface area contributed by atoms with Crippen LogP contribution in [0.3, 0.4) is 0 Å². The van der Waals surface area contributed by atoms with E-state index in [0.717, 1.165) is 37.0 Å². The molecule has 6 rings (SSSR count). The molecule has 36 heavy (non-hydrogen) atoms. The fourth-order valence-electron chi connectivity index (χ4n) is 6.45. The smallest absolute Gasteiger partial charge is 0.232 e. The monoisotopic (exact) mass is 488 g/mol. The second-order valence-corrected chi connectivity index (χ2v) is 10.9. The molecule has 0 bridgehead atoms. The molecule has 2 aliphatic heterocycles. The van der Waals surface area contributed by atoms with Crippen molar-refractivity contribution in [2.45, 2.75) is 88.1 Å². The van der Waals surface area contributed by atoms with Gasteiger partial charge < -0.3 is 15.6 Å². The number of ether oxygens (including phenoxy) is 1. The van der Waals surface area contributed by atoms with Crippen molar-refractivity contribution in [1.82, 2.24) is 10.2 Å². The van der Waals surface area contributed by atoms with Gasteiger partial charge in [0.15, 0.2) is 5.96 Å². The van der Waals surface area contributed by atoms with Crippen LogP contribution in [-0.2, 0) is 16.8 Å². The Morgan fingerprint density at radius 2 is 1.94 bits per heavy atom. The van der Waals surface area contributed by atoms with E-state index < -0.39 is 11.6 Å². The first-order valence-corrected chi connectivity index (χ1v) is 13.4. The average Bonchev–Trinajstić information content (AvgIpc) is 3.61. The van der Waals surface area contributed by atoms with Crippen molar-refractivity contribution in [3.63, 3.8) is 0 Å². The Morgan fingerprint density at radius 1 is 1.17 bits per heavy atom. The lowest BCUT2D eigenvalue weighted by Crippen LogP contribution is -2.53. The molecule has 2 aromatic rings. The number of benzene rings is 2. The van der Waals surface area contributed by atoms with Crippen LogP contribution in [0.25, 0.3) is 0 Å². The van der Waals surface area contributed by atoms with Gasteiger partial charge in [-0.25, -0.2) is 4.99 Å². The van der Waals surface area contributed by atoms with E-state index in [1.54, 1.807) is 4.90 Å². The van der Waals surface area contributed by atoms with Gasteiger partial charge in [0.2, 0.25) is 5.91 Å². The van der Waals surface area contributed by atoms with Crippen LogP contribution in [0.5, 0.6) is 5.75 Å². The van der Waals surface area contributed by atoms with Gasteiger partial charge in [0.05, 0.1) is 36.8 Å². The van der Waals surface area contributed by atoms with Crippen LogP contribution in [0.2, 0.25) is 0 Å². The maximum absolute atomic E-state index is 13.4. The molecule has 0 unspecified atom stereocenters. The summed E-state index contributed by atoms with van der Waals surface area (Å²) >= 11 is 0. The second kappa shape index (κ2) is 8.60. The molecule has 0 saturated heterocycles. The van der Waals surface area contributed by atoms with E-state index in [0.29, 0.717) is 31.8 Å². The maximum Gasteiger partial charge on any atom is 0.232 e. The van der Waals surface area contributed by atoms with Crippen molar-refractivity contribution in [1.29, 1.82) is 0 Å². The van der Waals surface area contributed by atoms with E-state index in [9.17, 15) is 9.90 Å². The molecule has 2 aromatic carbocycles. The molecule has 2 aliphatic carbocycles. The minimum absolute atomic E-state index is 0.0411. The molecule has 7 nitrogen and oxygen atoms in total. The van der Waals surface area contributed by atoms with Crippen LogP contribution in [0.1, 0.15) is 86.7 Å². The summed E-state index contributed by atoms with van der Waals surface area (Å²) < 4.78 is 6.00. The summed E-state index contributed by atoms with van der Waals surface area (Å²) in [4.78, 5) is 19.9. The molecule has 4 aliphatic rings. The molecular formula is C29H36N4O3. The average molecular weight is 489 g/mol. The number of nitrogens with one attached hydrogen (secondary N) is 1. The summed E-state index contributed by atoms with van der Waals surface area (Å²) in [5.74, 6) is 1.17. The van der Waals surface area contributed by atoms with Gasteiger partial charge >= 0.3 is 0 Å². The highest BCUT2D eigenvalue weighted by atomic mass is 16.5. The minimum atomic E-state index is -0.437. The van der Waals surface area contributed by atoms with E-state index in [1.165, 1.54) is 16.7 Å². The Morgan fingerprint density at radius 3 is 2.67 bits per heavy atom. The highest BCUT2D eigenvalue weighted by Crippen LogP contribution is 2.51. The van der Waals surface area contributed by atoms with E-state index in [2.05, 4.69) is 43.4 Å². The number of amides is 1. The number of nitrogens with zero attached hydrogens (tertiary/aromatic N) is 2. The maximum atomic E-state index is 13.4. The predicted octanol–water partition coefficient (Wildman–Crippen LogP) is 3.85. The first-order valence-electron chi connectivity index (χ1n) is 13.4. The Labute approximate surface area is 212 Å². The molecule has 1 saturated carbocycles. The van der Waals surface area contributed by atoms with Crippen molar-refractivity contribution >= 4 is 11.9 Å². The third-order valence-electron chi connectivity index (χ3n) is 8.93. The number of guanidine groups is 1. The zero-order chi connectivity index (χ0) is 25.1. The third kappa shape index (κ3) is 3.71. The van der Waals surface area contributed by atoms with Gasteiger partial charge in [-0.2, -0.15) is 0 Å². The standard InChI is InChI=1S/C29H36N4O3/c1-3-28(4-2)17-25(35)33(27(30)32-28)22-11-14-36-24-10-9-19(16-21(22)24)29(12-13-29)31-26-20-8-6-5-7-18(20)15-23(26)34/h5-10,16,22-23,26,31,34H,3-4,11-15,17H2,1-2H3,(H2,30,32)/t22-,23-,26-/m1/s1. The summed E-state index contributed by atoms with van der Waals surface area (Å²) in [6.45, 7) is 4.68. The summed E-state index contributed by atoms with van der Waals surface area (Å²) in [7, 11) is 0. The third-order valence-corrected chi connectivity index (χ3v) is 8.93. The van der Waals surface area contributed by atoms with Gasteiger partial charge in [-0.15, -0.1) is 0 Å². The normalized spacial score (nSPS) is 27.6. The fraction of sp³-hybridized carbons (Fsp3) is 0.517. The summed E-state index contributed by atoms with van der Waals surface area (Å²) in [5.41, 5.74) is 10.4. The topological polar surface area (TPSA) is 100 Å². The van der Waals surface area contributed by atoms with E-state index in [4.69, 9.17) is 15.5 Å². The first-order chi connectivity index (χ1) is 17.4. The van der Waals surface area contributed by atoms with Crippen LogP contribution >= 0.6 is 0 Å². The molecule has 1 amide bonds. The van der Waals surface area contributed by atoms with Crippen molar-refractivity contribution < 1.29 is 14.6 Å². The van der Waals surface area contributed by atoms with Crippen LogP contribution in [-0.4, -0.2) is 40.1 Å². The zero-order valence-electron chi connectivity index (χ0n) is 21.2. The van der Waals surface area contributed by atoms with Crippen molar-refractivity contribution in [3.05, 3.63) is 64.7 Å². The number of carbonyl (C=O) groups is 1. The molecule has 190 valence electrons. The quantitative estimate of drug-likeness (QED) is 0.574. The van der Waals surface area contributed by atoms with Crippen LogP contribution in [0.15, 0.2) is 47.5 Å². The molecule has 2 heterocycles. The van der Waals surface area contributed by atoms with Gasteiger partial charge in [0.1, 0.15) is 5.75 Å². The number of aliphatic hydroxyl groups is 1. The fourth-order valence-corrected chi connectivity index (χ4v) is 6.45. The lowest BCUT2D eigenvalue weighted by Gasteiger charge is -2.41. The summed E-state index contributed by atoms with van der Waals surface area (Å²) in [6, 6.07) is 14.4. The first kappa shape index (κ1) is 23.5. The number of fused-ring (bicyclic) bond motifs is 2. The van der Waals surface area contributed by atoms with Gasteiger partial charge in [0.25, 0.3) is 0 Å². The summed E-state index contributed by atoms with van der Waals surface area (Å²) in [6.07, 6.45) is 4.90. The Kier molecular flexibility index (Phi) is 5.61. The van der Waals surface area contributed by atoms with Crippen LogP contribution in [0, 0.1) is 0 Å². The largest absolute Gasteiger partial charge is 0.493 e. The van der Waals surface area contributed by atoms with Crippen LogP contribution < -0.4 is 15.8 Å². The lowest BCUT2D eigenvalue weighted by atomic mass is 9.86. The molecule has 1 fully saturated rings. The van der Waals surface area contributed by atoms with E-state index >= 15 is 0 Å². The minimum Gasteiger partial charge on any atom is -0.493 e. The van der Waals surface area contributed by atoms with Gasteiger partial charge in [-0.1, -0.05) is 44.2 Å². The molecular weight excluding hydrogens is 452 g/mol. The van der Waals surface area contributed by atoms with Crippen LogP contribution in [0.4, 0.5) is 0 Å². The molecule has 0 radical (unpaired) electrons. The highest BCUT2D eigenvalue weighted by molar-refractivity contribution is 5.99. The van der Waals surface area contributed by atoms with Crippen molar-refractivity contribution in [2.75, 3.05) is 6.61 Å². The Hall–Kier alpha value is -2.90.